The Morgan fingerprint density at radius 1 is 1.29 bits per heavy atom. The first-order valence-corrected chi connectivity index (χ1v) is 9.85. The van der Waals surface area contributed by atoms with Crippen molar-refractivity contribution in [2.75, 3.05) is 6.54 Å². The maximum atomic E-state index is 5.79. The van der Waals surface area contributed by atoms with Gasteiger partial charge in [0.2, 0.25) is 0 Å². The van der Waals surface area contributed by atoms with E-state index in [9.17, 15) is 0 Å². The number of allylic oxidation sites excluding steroid dienone is 5. The maximum Gasteiger partial charge on any atom is 0.0681 e. The highest BCUT2D eigenvalue weighted by Crippen LogP contribution is 2.49. The topological polar surface area (TPSA) is 63.1 Å². The second-order valence-electron chi connectivity index (χ2n) is 8.11. The zero-order chi connectivity index (χ0) is 21.2. The molecule has 0 bridgehead atoms. The van der Waals surface area contributed by atoms with Gasteiger partial charge in [-0.2, -0.15) is 0 Å². The van der Waals surface area contributed by atoms with E-state index in [1.54, 1.807) is 6.21 Å². The highest BCUT2D eigenvalue weighted by atomic mass is 14.8. The summed E-state index contributed by atoms with van der Waals surface area (Å²) in [6.45, 7) is 20.6. The van der Waals surface area contributed by atoms with E-state index in [1.807, 2.05) is 12.3 Å². The lowest BCUT2D eigenvalue weighted by atomic mass is 9.59. The minimum atomic E-state index is 0.439. The van der Waals surface area contributed by atoms with Crippen molar-refractivity contribution in [1.82, 2.24) is 0 Å². The summed E-state index contributed by atoms with van der Waals surface area (Å²) >= 11 is 0. The van der Waals surface area contributed by atoms with E-state index in [-0.39, 0.29) is 0 Å². The van der Waals surface area contributed by atoms with Gasteiger partial charge in [-0.15, -0.1) is 0 Å². The molecule has 1 aliphatic carbocycles. The molecule has 2 unspecified atom stereocenters. The van der Waals surface area contributed by atoms with Crippen molar-refractivity contribution in [3.05, 3.63) is 60.1 Å². The monoisotopic (exact) mass is 380 g/mol. The van der Waals surface area contributed by atoms with Crippen LogP contribution in [0.5, 0.6) is 0 Å². The number of nitrogens with two attached hydrogens (primary N) is 1. The second-order valence-corrected chi connectivity index (χ2v) is 8.11. The molecule has 0 radical (unpaired) electrons. The number of nitrogens with zero attached hydrogens (tertiary/aromatic N) is 3. The smallest absolute Gasteiger partial charge is 0.0681 e. The average molecular weight is 381 g/mol. The van der Waals surface area contributed by atoms with Crippen molar-refractivity contribution >= 4 is 19.1 Å². The van der Waals surface area contributed by atoms with Crippen molar-refractivity contribution in [2.24, 2.45) is 38.0 Å². The van der Waals surface area contributed by atoms with Crippen LogP contribution < -0.4 is 5.73 Å². The van der Waals surface area contributed by atoms with Gasteiger partial charge in [-0.3, -0.25) is 15.0 Å². The highest BCUT2D eigenvalue weighted by molar-refractivity contribution is 5.83. The van der Waals surface area contributed by atoms with Gasteiger partial charge in [0.15, 0.2) is 0 Å². The summed E-state index contributed by atoms with van der Waals surface area (Å²) < 4.78 is 0. The Hall–Kier alpha value is -2.49. The van der Waals surface area contributed by atoms with Crippen LogP contribution in [0, 0.1) is 17.3 Å². The first-order valence-electron chi connectivity index (χ1n) is 9.85. The van der Waals surface area contributed by atoms with Gasteiger partial charge in [0, 0.05) is 18.6 Å². The van der Waals surface area contributed by atoms with Gasteiger partial charge < -0.3 is 5.73 Å². The molecule has 0 saturated heterocycles. The number of aliphatic imine (C=N–C) groups is 3. The molecule has 0 heterocycles. The summed E-state index contributed by atoms with van der Waals surface area (Å²) in [6, 6.07) is 0. The average Bonchev–Trinajstić information content (AvgIpc) is 2.65. The van der Waals surface area contributed by atoms with Crippen LogP contribution in [-0.4, -0.2) is 25.7 Å². The van der Waals surface area contributed by atoms with Gasteiger partial charge in [0.05, 0.1) is 18.4 Å². The fourth-order valence-electron chi connectivity index (χ4n) is 3.67. The molecular weight excluding hydrogens is 344 g/mol. The van der Waals surface area contributed by atoms with E-state index in [1.165, 1.54) is 42.8 Å². The van der Waals surface area contributed by atoms with Crippen molar-refractivity contribution in [3.63, 3.8) is 0 Å². The molecule has 1 aliphatic rings. The molecular formula is C24H36N4. The summed E-state index contributed by atoms with van der Waals surface area (Å²) in [4.78, 5) is 12.3. The lowest BCUT2D eigenvalue weighted by Crippen LogP contribution is -2.35. The van der Waals surface area contributed by atoms with Gasteiger partial charge in [-0.1, -0.05) is 46.1 Å². The van der Waals surface area contributed by atoms with Crippen LogP contribution in [0.3, 0.4) is 0 Å². The predicted molar refractivity (Wildman–Crippen MR) is 125 cm³/mol. The van der Waals surface area contributed by atoms with Crippen LogP contribution in [0.4, 0.5) is 0 Å². The van der Waals surface area contributed by atoms with E-state index in [2.05, 4.69) is 68.6 Å². The van der Waals surface area contributed by atoms with Crippen LogP contribution in [0.25, 0.3) is 0 Å². The quantitative estimate of drug-likeness (QED) is 0.364. The summed E-state index contributed by atoms with van der Waals surface area (Å²) in [5.74, 6) is 1.21. The second kappa shape index (κ2) is 11.4. The Balaban J connectivity index is 3.12. The molecule has 1 rings (SSSR count). The van der Waals surface area contributed by atoms with Crippen LogP contribution in [0.15, 0.2) is 75.1 Å². The minimum Gasteiger partial charge on any atom is -0.396 e. The molecule has 1 fully saturated rings. The van der Waals surface area contributed by atoms with Crippen molar-refractivity contribution in [2.45, 2.75) is 47.0 Å². The Labute approximate surface area is 171 Å². The van der Waals surface area contributed by atoms with Crippen LogP contribution >= 0.6 is 0 Å². The van der Waals surface area contributed by atoms with Crippen LogP contribution in [-0.2, 0) is 0 Å². The normalized spacial score (nSPS) is 21.9. The van der Waals surface area contributed by atoms with Gasteiger partial charge >= 0.3 is 0 Å². The fraction of sp³-hybridized carbons (Fsp3) is 0.458. The molecule has 4 nitrogen and oxygen atoms in total. The van der Waals surface area contributed by atoms with Gasteiger partial charge in [-0.25, -0.2) is 0 Å². The summed E-state index contributed by atoms with van der Waals surface area (Å²) in [7, 11) is 0. The molecule has 2 atom stereocenters. The summed E-state index contributed by atoms with van der Waals surface area (Å²) in [5.41, 5.74) is 10.2. The molecule has 0 aromatic rings. The molecule has 0 amide bonds. The van der Waals surface area contributed by atoms with Gasteiger partial charge in [-0.05, 0) is 66.9 Å². The summed E-state index contributed by atoms with van der Waals surface area (Å²) in [5, 5.41) is 0. The predicted octanol–water partition coefficient (Wildman–Crippen LogP) is 5.66. The molecule has 0 aromatic carbocycles. The SMILES string of the molecule is C=C/C=C(/C(C)=C(/C=N\C=C)C/N=C\C(N)=C/N=C)C(C)CC1CCC1(C)C. The Kier molecular flexibility index (Phi) is 9.57. The van der Waals surface area contributed by atoms with E-state index in [0.29, 0.717) is 23.6 Å². The van der Waals surface area contributed by atoms with Crippen LogP contribution in [0.1, 0.15) is 47.0 Å². The van der Waals surface area contributed by atoms with E-state index in [4.69, 9.17) is 5.73 Å². The minimum absolute atomic E-state index is 0.439. The summed E-state index contributed by atoms with van der Waals surface area (Å²) in [6.07, 6.45) is 14.2. The van der Waals surface area contributed by atoms with Crippen molar-refractivity contribution in [1.29, 1.82) is 0 Å². The third-order valence-corrected chi connectivity index (χ3v) is 5.70. The molecule has 0 aliphatic heterocycles. The Morgan fingerprint density at radius 3 is 2.50 bits per heavy atom. The lowest BCUT2D eigenvalue weighted by Gasteiger charge is -2.46. The van der Waals surface area contributed by atoms with Gasteiger partial charge in [0.1, 0.15) is 0 Å². The van der Waals surface area contributed by atoms with Crippen molar-refractivity contribution < 1.29 is 0 Å². The van der Waals surface area contributed by atoms with E-state index >= 15 is 0 Å². The van der Waals surface area contributed by atoms with Crippen LogP contribution in [0.2, 0.25) is 0 Å². The Morgan fingerprint density at radius 2 is 2.00 bits per heavy atom. The molecule has 2 N–H and O–H groups in total. The number of rotatable bonds is 11. The molecule has 28 heavy (non-hydrogen) atoms. The standard InChI is InChI=1S/C24H36N4/c1-8-10-23(18(3)13-21-11-12-24(21,5)6)19(4)20(14-27-9-2)15-28-17-22(25)16-26-7/h8-10,14,16-18,21H,1-2,7,11-13,15,25H2,3-6H3/b20-19-,22-16+,23-10+,27-14-,28-17-. The molecule has 4 heteroatoms. The number of hydrogen-bond donors (Lipinski definition) is 1. The fourth-order valence-corrected chi connectivity index (χ4v) is 3.67. The third-order valence-electron chi connectivity index (χ3n) is 5.70. The largest absolute Gasteiger partial charge is 0.396 e. The third kappa shape index (κ3) is 6.91. The molecule has 0 aromatic heterocycles. The van der Waals surface area contributed by atoms with Crippen molar-refractivity contribution in [3.8, 4) is 0 Å². The maximum absolute atomic E-state index is 5.79. The first-order chi connectivity index (χ1) is 13.3. The Bertz CT molecular complexity index is 717. The zero-order valence-electron chi connectivity index (χ0n) is 18.0. The zero-order valence-corrected chi connectivity index (χ0v) is 18.0. The lowest BCUT2D eigenvalue weighted by molar-refractivity contribution is 0.0558. The molecule has 152 valence electrons. The molecule has 1 saturated carbocycles. The van der Waals surface area contributed by atoms with Gasteiger partial charge in [0.25, 0.3) is 0 Å². The van der Waals surface area contributed by atoms with E-state index in [0.717, 1.165) is 11.5 Å². The first kappa shape index (κ1) is 23.5. The highest BCUT2D eigenvalue weighted by Gasteiger charge is 2.39. The van der Waals surface area contributed by atoms with E-state index < -0.39 is 0 Å². The molecule has 0 spiro atoms. The number of hydrogen-bond acceptors (Lipinski definition) is 4.